The number of nitrogens with zero attached hydrogens (tertiary/aromatic N) is 3. The van der Waals surface area contributed by atoms with Crippen LogP contribution in [0.1, 0.15) is 17.0 Å². The Morgan fingerprint density at radius 2 is 1.97 bits per heavy atom. The van der Waals surface area contributed by atoms with Gasteiger partial charge in [-0.15, -0.1) is 11.3 Å². The molecule has 0 aliphatic rings. The summed E-state index contributed by atoms with van der Waals surface area (Å²) < 4.78 is 4.04. The molecule has 2 aromatic heterocycles. The molecule has 0 unspecified atom stereocenters. The molecule has 0 saturated carbocycles. The largest absolute Gasteiger partial charge is 0.316 e. The van der Waals surface area contributed by atoms with Gasteiger partial charge in [0.1, 0.15) is 6.07 Å². The zero-order valence-corrected chi connectivity index (χ0v) is 18.8. The summed E-state index contributed by atoms with van der Waals surface area (Å²) in [7, 11) is 0. The number of aryl methyl sites for hydroxylation is 1. The maximum Gasteiger partial charge on any atom is 0.156 e. The molecule has 0 atom stereocenters. The summed E-state index contributed by atoms with van der Waals surface area (Å²) in [6, 6.07) is 17.8. The molecular formula is C22H15Cl2N3S2. The molecule has 0 fully saturated rings. The van der Waals surface area contributed by atoms with Crippen molar-refractivity contribution in [2.75, 3.05) is 0 Å². The molecule has 0 spiro atoms. The number of fused-ring (bicyclic) bond motifs is 1. The lowest BCUT2D eigenvalue weighted by atomic mass is 10.2. The van der Waals surface area contributed by atoms with E-state index in [9.17, 15) is 5.26 Å². The monoisotopic (exact) mass is 455 g/mol. The standard InChI is InChI=1S/C22H15Cl2N3S2/c1-13-9-15(14(2)27(13)20-8-7-16(23)11-18(20)24)10-17(12-25)28-22-26-19-5-3-4-6-21(19)29-22/h3-11H,1-2H3/b17-10+. The van der Waals surface area contributed by atoms with Crippen molar-refractivity contribution in [3.63, 3.8) is 0 Å². The lowest BCUT2D eigenvalue weighted by molar-refractivity contribution is 0.965. The van der Waals surface area contributed by atoms with Crippen molar-refractivity contribution in [2.45, 2.75) is 18.2 Å². The highest BCUT2D eigenvalue weighted by Crippen LogP contribution is 2.35. The van der Waals surface area contributed by atoms with E-state index in [0.29, 0.717) is 15.0 Å². The molecule has 0 saturated heterocycles. The van der Waals surface area contributed by atoms with Crippen LogP contribution in [0, 0.1) is 25.2 Å². The molecule has 29 heavy (non-hydrogen) atoms. The lowest BCUT2D eigenvalue weighted by Gasteiger charge is -2.12. The summed E-state index contributed by atoms with van der Waals surface area (Å²) in [6.45, 7) is 4.03. The molecule has 0 aliphatic heterocycles. The molecule has 0 aliphatic carbocycles. The predicted molar refractivity (Wildman–Crippen MR) is 124 cm³/mol. The van der Waals surface area contributed by atoms with Crippen molar-refractivity contribution in [1.29, 1.82) is 5.26 Å². The molecule has 7 heteroatoms. The zero-order valence-electron chi connectivity index (χ0n) is 15.6. The quantitative estimate of drug-likeness (QED) is 0.234. The topological polar surface area (TPSA) is 41.6 Å². The minimum atomic E-state index is 0.583. The van der Waals surface area contributed by atoms with Crippen LogP contribution in [0.25, 0.3) is 22.0 Å². The highest BCUT2D eigenvalue weighted by atomic mass is 35.5. The highest BCUT2D eigenvalue weighted by molar-refractivity contribution is 8.05. The van der Waals surface area contributed by atoms with Gasteiger partial charge in [0.05, 0.1) is 25.8 Å². The number of thiazole rings is 1. The fraction of sp³-hybridized carbons (Fsp3) is 0.0909. The third-order valence-electron chi connectivity index (χ3n) is 4.49. The second kappa shape index (κ2) is 8.25. The molecule has 4 rings (SSSR count). The molecule has 4 aromatic rings. The van der Waals surface area contributed by atoms with Crippen LogP contribution >= 0.6 is 46.3 Å². The molecule has 3 nitrogen and oxygen atoms in total. The molecule has 144 valence electrons. The van der Waals surface area contributed by atoms with Gasteiger partial charge >= 0.3 is 0 Å². The van der Waals surface area contributed by atoms with E-state index in [2.05, 4.69) is 21.7 Å². The number of aromatic nitrogens is 2. The second-order valence-corrected chi connectivity index (χ2v) is 9.59. The summed E-state index contributed by atoms with van der Waals surface area (Å²) in [5.41, 5.74) is 4.82. The number of benzene rings is 2. The summed E-state index contributed by atoms with van der Waals surface area (Å²) >= 11 is 15.4. The summed E-state index contributed by atoms with van der Waals surface area (Å²) in [5.74, 6) is 0. The Kier molecular flexibility index (Phi) is 5.71. The SMILES string of the molecule is Cc1cc(/C=C(\C#N)Sc2nc3ccccc3s2)c(C)n1-c1ccc(Cl)cc1Cl. The number of halogens is 2. The number of thioether (sulfide) groups is 1. The third-order valence-corrected chi connectivity index (χ3v) is 7.05. The number of allylic oxidation sites excluding steroid dienone is 1. The van der Waals surface area contributed by atoms with E-state index in [1.54, 1.807) is 17.4 Å². The molecule has 2 heterocycles. The van der Waals surface area contributed by atoms with Crippen LogP contribution in [-0.4, -0.2) is 9.55 Å². The van der Waals surface area contributed by atoms with Gasteiger partial charge in [-0.1, -0.05) is 35.3 Å². The third kappa shape index (κ3) is 4.08. The van der Waals surface area contributed by atoms with E-state index in [0.717, 1.165) is 37.2 Å². The smallest absolute Gasteiger partial charge is 0.156 e. The number of nitriles is 1. The normalized spacial score (nSPS) is 11.8. The maximum absolute atomic E-state index is 9.68. The number of rotatable bonds is 4. The fourth-order valence-corrected chi connectivity index (χ4v) is 5.64. The van der Waals surface area contributed by atoms with Crippen molar-refractivity contribution in [1.82, 2.24) is 9.55 Å². The van der Waals surface area contributed by atoms with Crippen molar-refractivity contribution in [3.8, 4) is 11.8 Å². The lowest BCUT2D eigenvalue weighted by Crippen LogP contribution is -2.00. The first-order valence-electron chi connectivity index (χ1n) is 8.76. The average molecular weight is 456 g/mol. The fourth-order valence-electron chi connectivity index (χ4n) is 3.18. The zero-order chi connectivity index (χ0) is 20.5. The van der Waals surface area contributed by atoms with E-state index < -0.39 is 0 Å². The first kappa shape index (κ1) is 20.1. The summed E-state index contributed by atoms with van der Waals surface area (Å²) in [4.78, 5) is 5.20. The van der Waals surface area contributed by atoms with Gasteiger partial charge in [0.25, 0.3) is 0 Å². The van der Waals surface area contributed by atoms with Gasteiger partial charge in [-0.05, 0) is 73.6 Å². The Hall–Kier alpha value is -2.23. The molecule has 0 N–H and O–H groups in total. The number of para-hydroxylation sites is 1. The Labute approximate surface area is 187 Å². The Morgan fingerprint density at radius 3 is 2.69 bits per heavy atom. The van der Waals surface area contributed by atoms with E-state index in [1.165, 1.54) is 11.8 Å². The van der Waals surface area contributed by atoms with E-state index in [1.807, 2.05) is 56.3 Å². The van der Waals surface area contributed by atoms with Gasteiger partial charge in [-0.2, -0.15) is 5.26 Å². The predicted octanol–water partition coefficient (Wildman–Crippen LogP) is 7.67. The van der Waals surface area contributed by atoms with Gasteiger partial charge in [0.2, 0.25) is 0 Å². The average Bonchev–Trinajstić information content (AvgIpc) is 3.22. The minimum Gasteiger partial charge on any atom is -0.316 e. The van der Waals surface area contributed by atoms with E-state index in [-0.39, 0.29) is 0 Å². The first-order chi connectivity index (χ1) is 14.0. The molecule has 0 amide bonds. The molecule has 0 bridgehead atoms. The van der Waals surface area contributed by atoms with Gasteiger partial charge in [0, 0.05) is 16.4 Å². The van der Waals surface area contributed by atoms with Crippen molar-refractivity contribution >= 4 is 62.6 Å². The van der Waals surface area contributed by atoms with Crippen LogP contribution in [0.4, 0.5) is 0 Å². The highest BCUT2D eigenvalue weighted by Gasteiger charge is 2.14. The van der Waals surface area contributed by atoms with Crippen LogP contribution in [0.15, 0.2) is 57.8 Å². The van der Waals surface area contributed by atoms with Crippen LogP contribution in [0.3, 0.4) is 0 Å². The first-order valence-corrected chi connectivity index (χ1v) is 11.1. The van der Waals surface area contributed by atoms with Crippen LogP contribution < -0.4 is 0 Å². The molecule has 0 radical (unpaired) electrons. The van der Waals surface area contributed by atoms with Gasteiger partial charge in [0.15, 0.2) is 4.34 Å². The maximum atomic E-state index is 9.68. The van der Waals surface area contributed by atoms with Gasteiger partial charge in [-0.3, -0.25) is 0 Å². The summed E-state index contributed by atoms with van der Waals surface area (Å²) in [5, 5.41) is 10.9. The van der Waals surface area contributed by atoms with Crippen LogP contribution in [0.5, 0.6) is 0 Å². The van der Waals surface area contributed by atoms with Crippen LogP contribution in [0.2, 0.25) is 10.0 Å². The Balaban J connectivity index is 1.70. The Bertz CT molecular complexity index is 1260. The summed E-state index contributed by atoms with van der Waals surface area (Å²) in [6.07, 6.45) is 1.90. The number of hydrogen-bond acceptors (Lipinski definition) is 4. The molecule has 2 aromatic carbocycles. The van der Waals surface area contributed by atoms with Crippen molar-refractivity contribution < 1.29 is 0 Å². The van der Waals surface area contributed by atoms with Crippen molar-refractivity contribution in [2.24, 2.45) is 0 Å². The van der Waals surface area contributed by atoms with Crippen molar-refractivity contribution in [3.05, 3.63) is 80.4 Å². The minimum absolute atomic E-state index is 0.583. The number of hydrogen-bond donors (Lipinski definition) is 0. The van der Waals surface area contributed by atoms with Gasteiger partial charge in [-0.25, -0.2) is 4.98 Å². The second-order valence-electron chi connectivity index (χ2n) is 6.43. The molecular weight excluding hydrogens is 441 g/mol. The van der Waals surface area contributed by atoms with Crippen LogP contribution in [-0.2, 0) is 0 Å². The van der Waals surface area contributed by atoms with E-state index in [4.69, 9.17) is 23.2 Å². The van der Waals surface area contributed by atoms with Gasteiger partial charge < -0.3 is 4.57 Å². The Morgan fingerprint density at radius 1 is 1.17 bits per heavy atom. The van der Waals surface area contributed by atoms with E-state index >= 15 is 0 Å².